The number of aromatic nitrogens is 1. The lowest BCUT2D eigenvalue weighted by molar-refractivity contribution is -0.136. The smallest absolute Gasteiger partial charge is 0.464 e. The molecule has 0 spiro atoms. The molecule has 0 unspecified atom stereocenters. The first-order chi connectivity index (χ1) is 13.8. The molecule has 2 amide bonds. The summed E-state index contributed by atoms with van der Waals surface area (Å²) in [7, 11) is 1.80. The summed E-state index contributed by atoms with van der Waals surface area (Å²) in [5, 5.41) is 24.9. The normalized spacial score (nSPS) is 11.7. The quantitative estimate of drug-likeness (QED) is 0.354. The van der Waals surface area contributed by atoms with Gasteiger partial charge in [0, 0.05) is 37.4 Å². The molecule has 3 aromatic rings. The maximum absolute atomic E-state index is 12.3. The summed E-state index contributed by atoms with van der Waals surface area (Å²) >= 11 is 0. The van der Waals surface area contributed by atoms with Crippen molar-refractivity contribution >= 4 is 41.4 Å². The van der Waals surface area contributed by atoms with Crippen molar-refractivity contribution in [1.29, 1.82) is 0 Å². The van der Waals surface area contributed by atoms with Gasteiger partial charge in [-0.1, -0.05) is 18.2 Å². The van der Waals surface area contributed by atoms with Gasteiger partial charge in [0.25, 0.3) is 0 Å². The van der Waals surface area contributed by atoms with E-state index in [1.165, 1.54) is 12.5 Å². The van der Waals surface area contributed by atoms with E-state index in [-0.39, 0.29) is 12.2 Å². The molecule has 0 bridgehead atoms. The number of para-hydroxylation sites is 1. The van der Waals surface area contributed by atoms with Gasteiger partial charge in [0.2, 0.25) is 0 Å². The van der Waals surface area contributed by atoms with Crippen molar-refractivity contribution in [2.24, 2.45) is 0 Å². The molecule has 1 atom stereocenters. The molecule has 3 rings (SSSR count). The highest BCUT2D eigenvalue weighted by molar-refractivity contribution is 6.46. The Bertz CT molecular complexity index is 1020. The molecule has 2 heterocycles. The molecule has 0 radical (unpaired) electrons. The zero-order valence-electron chi connectivity index (χ0n) is 16.0. The van der Waals surface area contributed by atoms with Crippen LogP contribution in [-0.4, -0.2) is 54.0 Å². The van der Waals surface area contributed by atoms with Crippen molar-refractivity contribution in [3.8, 4) is 0 Å². The minimum Gasteiger partial charge on any atom is -0.464 e. The molecule has 0 saturated carbocycles. The van der Waals surface area contributed by atoms with Crippen LogP contribution in [0.4, 0.5) is 11.5 Å². The summed E-state index contributed by atoms with van der Waals surface area (Å²) < 4.78 is 5.42. The van der Waals surface area contributed by atoms with E-state index in [2.05, 4.69) is 15.6 Å². The van der Waals surface area contributed by atoms with Crippen LogP contribution in [0.25, 0.3) is 11.0 Å². The second kappa shape index (κ2) is 8.76. The van der Waals surface area contributed by atoms with E-state index in [9.17, 15) is 19.6 Å². The third-order valence-corrected chi connectivity index (χ3v) is 4.39. The van der Waals surface area contributed by atoms with Gasteiger partial charge in [0.1, 0.15) is 11.4 Å². The van der Waals surface area contributed by atoms with Crippen LogP contribution >= 0.6 is 0 Å². The average Bonchev–Trinajstić information content (AvgIpc) is 3.10. The summed E-state index contributed by atoms with van der Waals surface area (Å²) in [5.41, 5.74) is 2.12. The molecule has 0 fully saturated rings. The number of fused-ring (bicyclic) bond motifs is 1. The maximum atomic E-state index is 12.3. The van der Waals surface area contributed by atoms with Crippen LogP contribution in [0, 0.1) is 0 Å². The lowest BCUT2D eigenvalue weighted by atomic mass is 9.76. The number of pyridine rings is 1. The van der Waals surface area contributed by atoms with Crippen LogP contribution < -0.4 is 15.5 Å². The summed E-state index contributed by atoms with van der Waals surface area (Å²) in [4.78, 5) is 30.3. The maximum Gasteiger partial charge on any atom is 0.475 e. The van der Waals surface area contributed by atoms with E-state index in [0.717, 1.165) is 11.1 Å². The standard InChI is InChI=1S/C19H21BN4O5/c1-24(2)13-7-8-21-17(10-13)23-19(26)18(25)22-16(20(27)28)9-12-11-29-15-6-4-3-5-14(12)15/h3-8,10-11,16,27-28H,9H2,1-2H3,(H,22,25)(H,21,23,26)/t16-/m0/s1. The zero-order valence-corrected chi connectivity index (χ0v) is 16.0. The lowest BCUT2D eigenvalue weighted by Gasteiger charge is -2.17. The van der Waals surface area contributed by atoms with Crippen molar-refractivity contribution in [2.45, 2.75) is 12.4 Å². The number of nitrogens with zero attached hydrogens (tertiary/aromatic N) is 2. The first-order valence-electron chi connectivity index (χ1n) is 8.91. The predicted molar refractivity (Wildman–Crippen MR) is 109 cm³/mol. The Kier molecular flexibility index (Phi) is 6.15. The Morgan fingerprint density at radius 2 is 1.97 bits per heavy atom. The van der Waals surface area contributed by atoms with Gasteiger partial charge in [-0.05, 0) is 24.1 Å². The molecule has 29 heavy (non-hydrogen) atoms. The topological polar surface area (TPSA) is 128 Å². The fraction of sp³-hybridized carbons (Fsp3) is 0.211. The van der Waals surface area contributed by atoms with Crippen molar-refractivity contribution in [2.75, 3.05) is 24.3 Å². The van der Waals surface area contributed by atoms with Crippen molar-refractivity contribution < 1.29 is 24.1 Å². The number of hydrogen-bond donors (Lipinski definition) is 4. The van der Waals surface area contributed by atoms with E-state index in [0.29, 0.717) is 11.1 Å². The highest BCUT2D eigenvalue weighted by atomic mass is 16.4. The SMILES string of the molecule is CN(C)c1ccnc(NC(=O)C(=O)N[C@@H](Cc2coc3ccccc23)B(O)O)c1. The largest absolute Gasteiger partial charge is 0.475 e. The second-order valence-electron chi connectivity index (χ2n) is 6.70. The van der Waals surface area contributed by atoms with Crippen molar-refractivity contribution in [3.63, 3.8) is 0 Å². The minimum absolute atomic E-state index is 0.0715. The van der Waals surface area contributed by atoms with Gasteiger partial charge in [-0.15, -0.1) is 0 Å². The third-order valence-electron chi connectivity index (χ3n) is 4.39. The Labute approximate surface area is 167 Å². The van der Waals surface area contributed by atoms with E-state index < -0.39 is 24.9 Å². The summed E-state index contributed by atoms with van der Waals surface area (Å²) in [6.45, 7) is 0. The predicted octanol–water partition coefficient (Wildman–Crippen LogP) is 0.572. The van der Waals surface area contributed by atoms with E-state index in [1.807, 2.05) is 37.2 Å². The highest BCUT2D eigenvalue weighted by Gasteiger charge is 2.29. The monoisotopic (exact) mass is 396 g/mol. The molecular weight excluding hydrogens is 375 g/mol. The van der Waals surface area contributed by atoms with Crippen molar-refractivity contribution in [1.82, 2.24) is 10.3 Å². The van der Waals surface area contributed by atoms with Crippen LogP contribution in [0.1, 0.15) is 5.56 Å². The molecule has 0 aliphatic carbocycles. The first-order valence-corrected chi connectivity index (χ1v) is 8.91. The van der Waals surface area contributed by atoms with Crippen LogP contribution in [0.15, 0.2) is 53.3 Å². The second-order valence-corrected chi connectivity index (χ2v) is 6.70. The number of nitrogens with one attached hydrogen (secondary N) is 2. The highest BCUT2D eigenvalue weighted by Crippen LogP contribution is 2.22. The molecule has 10 heteroatoms. The number of rotatable bonds is 6. The summed E-state index contributed by atoms with van der Waals surface area (Å²) in [5.74, 6) is -2.86. The van der Waals surface area contributed by atoms with Crippen LogP contribution in [0.3, 0.4) is 0 Å². The Hall–Kier alpha value is -3.37. The molecule has 4 N–H and O–H groups in total. The number of hydrogen-bond acceptors (Lipinski definition) is 7. The number of carbonyl (C=O) groups is 2. The van der Waals surface area contributed by atoms with E-state index in [1.54, 1.807) is 18.2 Å². The number of anilines is 2. The molecule has 0 aliphatic rings. The summed E-state index contributed by atoms with van der Waals surface area (Å²) in [6.07, 6.45) is 3.07. The first kappa shape index (κ1) is 20.4. The minimum atomic E-state index is -1.87. The van der Waals surface area contributed by atoms with Crippen LogP contribution in [-0.2, 0) is 16.0 Å². The zero-order chi connectivity index (χ0) is 21.0. The summed E-state index contributed by atoms with van der Waals surface area (Å²) in [6, 6.07) is 10.6. The van der Waals surface area contributed by atoms with Crippen LogP contribution in [0.5, 0.6) is 0 Å². The van der Waals surface area contributed by atoms with Gasteiger partial charge in [-0.2, -0.15) is 0 Å². The van der Waals surface area contributed by atoms with Gasteiger partial charge >= 0.3 is 18.9 Å². The number of benzene rings is 1. The molecule has 1 aromatic carbocycles. The molecule has 9 nitrogen and oxygen atoms in total. The van der Waals surface area contributed by atoms with Crippen molar-refractivity contribution in [3.05, 3.63) is 54.4 Å². The lowest BCUT2D eigenvalue weighted by Crippen LogP contribution is -2.51. The van der Waals surface area contributed by atoms with Gasteiger partial charge in [0.05, 0.1) is 12.2 Å². The van der Waals surface area contributed by atoms with E-state index >= 15 is 0 Å². The molecular formula is C19H21BN4O5. The molecule has 2 aromatic heterocycles. The Morgan fingerprint density at radius 1 is 1.21 bits per heavy atom. The van der Waals surface area contributed by atoms with Gasteiger partial charge in [-0.25, -0.2) is 4.98 Å². The average molecular weight is 396 g/mol. The molecule has 150 valence electrons. The van der Waals surface area contributed by atoms with Gasteiger partial charge in [-0.3, -0.25) is 9.59 Å². The fourth-order valence-corrected chi connectivity index (χ4v) is 2.83. The number of furan rings is 1. The Morgan fingerprint density at radius 3 is 2.69 bits per heavy atom. The van der Waals surface area contributed by atoms with Gasteiger partial charge in [0.15, 0.2) is 0 Å². The fourth-order valence-electron chi connectivity index (χ4n) is 2.83. The molecule has 0 saturated heterocycles. The molecule has 0 aliphatic heterocycles. The Balaban J connectivity index is 1.67. The number of amides is 2. The number of carbonyl (C=O) groups excluding carboxylic acids is 2. The van der Waals surface area contributed by atoms with E-state index in [4.69, 9.17) is 4.42 Å². The third kappa shape index (κ3) is 4.92. The van der Waals surface area contributed by atoms with Gasteiger partial charge < -0.3 is 30.0 Å². The van der Waals surface area contributed by atoms with Crippen LogP contribution in [0.2, 0.25) is 0 Å².